The fourth-order valence-corrected chi connectivity index (χ4v) is 1.72. The van der Waals surface area contributed by atoms with E-state index >= 15 is 0 Å². The largest absolute Gasteiger partial charge is 0.396 e. The number of hydrogen-bond acceptors (Lipinski definition) is 4. The number of carbonyl (C=O) groups excluding carboxylic acids is 1. The minimum atomic E-state index is -0.270. The molecule has 0 aliphatic rings. The van der Waals surface area contributed by atoms with Gasteiger partial charge in [-0.25, -0.2) is 0 Å². The molecule has 1 amide bonds. The van der Waals surface area contributed by atoms with Gasteiger partial charge in [-0.1, -0.05) is 0 Å². The molecule has 6 heteroatoms. The van der Waals surface area contributed by atoms with Crippen molar-refractivity contribution in [1.82, 2.24) is 20.1 Å². The number of pyridine rings is 1. The zero-order valence-electron chi connectivity index (χ0n) is 11.1. The molecule has 6 nitrogen and oxygen atoms in total. The van der Waals surface area contributed by atoms with Gasteiger partial charge in [-0.2, -0.15) is 5.10 Å². The second-order valence-corrected chi connectivity index (χ2v) is 4.27. The van der Waals surface area contributed by atoms with E-state index in [1.54, 1.807) is 23.3 Å². The first-order valence-corrected chi connectivity index (χ1v) is 6.12. The van der Waals surface area contributed by atoms with Crippen LogP contribution in [0.1, 0.15) is 28.5 Å². The predicted molar refractivity (Wildman–Crippen MR) is 72.5 cm³/mol. The zero-order valence-corrected chi connectivity index (χ0v) is 11.1. The van der Waals surface area contributed by atoms with Crippen LogP contribution in [0, 0.1) is 6.92 Å². The van der Waals surface area contributed by atoms with Crippen LogP contribution in [0.5, 0.6) is 0 Å². The highest BCUT2D eigenvalue weighted by Crippen LogP contribution is 2.10. The van der Waals surface area contributed by atoms with Crippen molar-refractivity contribution in [3.05, 3.63) is 41.5 Å². The summed E-state index contributed by atoms with van der Waals surface area (Å²) in [4.78, 5) is 16.0. The van der Waals surface area contributed by atoms with Crippen LogP contribution in [0.3, 0.4) is 0 Å². The molecule has 0 aliphatic heterocycles. The summed E-state index contributed by atoms with van der Waals surface area (Å²) < 4.78 is 1.64. The number of nitrogens with one attached hydrogen (secondary N) is 1. The van der Waals surface area contributed by atoms with Crippen LogP contribution in [-0.2, 0) is 13.1 Å². The number of nitrogen functional groups attached to an aromatic ring is 1. The highest BCUT2D eigenvalue weighted by Gasteiger charge is 2.14. The molecule has 0 unspecified atom stereocenters. The van der Waals surface area contributed by atoms with E-state index in [0.29, 0.717) is 18.8 Å². The number of aryl methyl sites for hydroxylation is 2. The molecular formula is C13H17N5O. The summed E-state index contributed by atoms with van der Waals surface area (Å²) in [5.74, 6) is -0.270. The van der Waals surface area contributed by atoms with Gasteiger partial charge in [0.15, 0.2) is 5.69 Å². The lowest BCUT2D eigenvalue weighted by atomic mass is 10.1. The van der Waals surface area contributed by atoms with Crippen LogP contribution < -0.4 is 11.1 Å². The molecule has 100 valence electrons. The molecule has 19 heavy (non-hydrogen) atoms. The Hall–Kier alpha value is -2.37. The molecule has 0 bridgehead atoms. The topological polar surface area (TPSA) is 85.8 Å². The van der Waals surface area contributed by atoms with Gasteiger partial charge in [-0.05, 0) is 31.0 Å². The Bertz CT molecular complexity index is 590. The lowest BCUT2D eigenvalue weighted by Gasteiger charge is -2.06. The van der Waals surface area contributed by atoms with Crippen LogP contribution in [0.4, 0.5) is 5.69 Å². The molecule has 2 rings (SSSR count). The summed E-state index contributed by atoms with van der Waals surface area (Å²) >= 11 is 0. The monoisotopic (exact) mass is 259 g/mol. The number of nitrogens with zero attached hydrogens (tertiary/aromatic N) is 3. The normalized spacial score (nSPS) is 10.4. The van der Waals surface area contributed by atoms with Crippen molar-refractivity contribution >= 4 is 11.6 Å². The summed E-state index contributed by atoms with van der Waals surface area (Å²) in [6, 6.07) is 1.90. The number of aromatic nitrogens is 3. The molecular weight excluding hydrogens is 242 g/mol. The van der Waals surface area contributed by atoms with Gasteiger partial charge in [0.05, 0.1) is 5.69 Å². The maximum absolute atomic E-state index is 12.0. The second kappa shape index (κ2) is 5.51. The molecule has 0 saturated heterocycles. The van der Waals surface area contributed by atoms with E-state index in [2.05, 4.69) is 15.4 Å². The van der Waals surface area contributed by atoms with Crippen LogP contribution >= 0.6 is 0 Å². The Balaban J connectivity index is 2.05. The Labute approximate surface area is 111 Å². The maximum Gasteiger partial charge on any atom is 0.274 e. The van der Waals surface area contributed by atoms with Gasteiger partial charge in [-0.15, -0.1) is 0 Å². The van der Waals surface area contributed by atoms with Crippen molar-refractivity contribution in [1.29, 1.82) is 0 Å². The van der Waals surface area contributed by atoms with Crippen LogP contribution in [0.25, 0.3) is 0 Å². The summed E-state index contributed by atoms with van der Waals surface area (Å²) in [6.45, 7) is 5.01. The van der Waals surface area contributed by atoms with E-state index < -0.39 is 0 Å². The summed E-state index contributed by atoms with van der Waals surface area (Å²) in [5.41, 5.74) is 8.48. The fourth-order valence-electron chi connectivity index (χ4n) is 1.72. The third kappa shape index (κ3) is 2.90. The molecule has 0 spiro atoms. The van der Waals surface area contributed by atoms with Gasteiger partial charge < -0.3 is 11.1 Å². The molecule has 0 saturated carbocycles. The summed E-state index contributed by atoms with van der Waals surface area (Å²) in [5, 5.41) is 6.93. The number of carbonyl (C=O) groups is 1. The van der Waals surface area contributed by atoms with Gasteiger partial charge in [0.1, 0.15) is 0 Å². The van der Waals surface area contributed by atoms with Crippen molar-refractivity contribution in [2.24, 2.45) is 0 Å². The van der Waals surface area contributed by atoms with Crippen LogP contribution in [-0.4, -0.2) is 20.7 Å². The molecule has 3 N–H and O–H groups in total. The highest BCUT2D eigenvalue weighted by molar-refractivity contribution is 5.96. The van der Waals surface area contributed by atoms with Crippen molar-refractivity contribution in [3.8, 4) is 0 Å². The van der Waals surface area contributed by atoms with Gasteiger partial charge >= 0.3 is 0 Å². The molecule has 2 aromatic rings. The Kier molecular flexibility index (Phi) is 3.79. The van der Waals surface area contributed by atoms with E-state index in [-0.39, 0.29) is 11.6 Å². The molecule has 0 aromatic carbocycles. The molecule has 2 heterocycles. The van der Waals surface area contributed by atoms with Crippen LogP contribution in [0.2, 0.25) is 0 Å². The summed E-state index contributed by atoms with van der Waals surface area (Å²) in [6.07, 6.45) is 5.12. The first kappa shape index (κ1) is 13.1. The quantitative estimate of drug-likeness (QED) is 0.861. The number of amides is 1. The van der Waals surface area contributed by atoms with Gasteiger partial charge in [0.2, 0.25) is 0 Å². The first-order chi connectivity index (χ1) is 9.11. The van der Waals surface area contributed by atoms with Crippen molar-refractivity contribution in [2.45, 2.75) is 26.9 Å². The average Bonchev–Trinajstić information content (AvgIpc) is 2.79. The predicted octanol–water partition coefficient (Wildman–Crippen LogP) is 1.12. The van der Waals surface area contributed by atoms with Crippen molar-refractivity contribution < 1.29 is 4.79 Å². The van der Waals surface area contributed by atoms with E-state index in [1.165, 1.54) is 0 Å². The standard InChI is InChI=1S/C13H17N5O/c1-3-18-8-11(14)12(17-18)13(19)16-7-10-6-15-5-4-9(10)2/h4-6,8H,3,7,14H2,1-2H3,(H,16,19). The third-order valence-corrected chi connectivity index (χ3v) is 2.92. The third-order valence-electron chi connectivity index (χ3n) is 2.92. The number of anilines is 1. The zero-order chi connectivity index (χ0) is 13.8. The summed E-state index contributed by atoms with van der Waals surface area (Å²) in [7, 11) is 0. The molecule has 0 radical (unpaired) electrons. The van der Waals surface area contributed by atoms with Gasteiger partial charge in [0, 0.05) is 31.7 Å². The lowest BCUT2D eigenvalue weighted by molar-refractivity contribution is 0.0946. The van der Waals surface area contributed by atoms with Crippen molar-refractivity contribution in [2.75, 3.05) is 5.73 Å². The molecule has 0 aliphatic carbocycles. The van der Waals surface area contributed by atoms with E-state index in [9.17, 15) is 4.79 Å². The van der Waals surface area contributed by atoms with Gasteiger partial charge in [0.25, 0.3) is 5.91 Å². The van der Waals surface area contributed by atoms with E-state index in [0.717, 1.165) is 11.1 Å². The highest BCUT2D eigenvalue weighted by atomic mass is 16.1. The molecule has 0 fully saturated rings. The SMILES string of the molecule is CCn1cc(N)c(C(=O)NCc2cnccc2C)n1. The molecule has 2 aromatic heterocycles. The average molecular weight is 259 g/mol. The van der Waals surface area contributed by atoms with Crippen molar-refractivity contribution in [3.63, 3.8) is 0 Å². The van der Waals surface area contributed by atoms with E-state index in [1.807, 2.05) is 19.9 Å². The minimum absolute atomic E-state index is 0.267. The van der Waals surface area contributed by atoms with E-state index in [4.69, 9.17) is 5.73 Å². The number of rotatable bonds is 4. The fraction of sp³-hybridized carbons (Fsp3) is 0.308. The van der Waals surface area contributed by atoms with Crippen LogP contribution in [0.15, 0.2) is 24.7 Å². The lowest BCUT2D eigenvalue weighted by Crippen LogP contribution is -2.24. The number of nitrogens with two attached hydrogens (primary N) is 1. The Morgan fingerprint density at radius 3 is 2.95 bits per heavy atom. The smallest absolute Gasteiger partial charge is 0.274 e. The first-order valence-electron chi connectivity index (χ1n) is 6.12. The molecule has 0 atom stereocenters. The van der Waals surface area contributed by atoms with Gasteiger partial charge in [-0.3, -0.25) is 14.5 Å². The number of hydrogen-bond donors (Lipinski definition) is 2. The Morgan fingerprint density at radius 1 is 1.53 bits per heavy atom. The maximum atomic E-state index is 12.0. The second-order valence-electron chi connectivity index (χ2n) is 4.27. The Morgan fingerprint density at radius 2 is 2.32 bits per heavy atom. The minimum Gasteiger partial charge on any atom is -0.396 e.